The number of nitrogens with one attached hydrogen (secondary N) is 1. The molecule has 86 valence electrons. The monoisotopic (exact) mass is 221 g/mol. The van der Waals surface area contributed by atoms with Gasteiger partial charge in [0.05, 0.1) is 0 Å². The zero-order valence-corrected chi connectivity index (χ0v) is 9.57. The average molecular weight is 221 g/mol. The number of carboxylic acids is 1. The Hall–Kier alpha value is -1.84. The topological polar surface area (TPSA) is 66.4 Å². The van der Waals surface area contributed by atoms with Gasteiger partial charge in [0.25, 0.3) is 5.91 Å². The fourth-order valence-electron chi connectivity index (χ4n) is 1.33. The summed E-state index contributed by atoms with van der Waals surface area (Å²) in [5.41, 5.74) is 2.40. The molecule has 4 nitrogen and oxygen atoms in total. The highest BCUT2D eigenvalue weighted by atomic mass is 16.4. The number of hydrogen-bond donors (Lipinski definition) is 2. The van der Waals surface area contributed by atoms with E-state index < -0.39 is 12.0 Å². The Labute approximate surface area is 94.3 Å². The van der Waals surface area contributed by atoms with Gasteiger partial charge in [-0.25, -0.2) is 0 Å². The zero-order chi connectivity index (χ0) is 12.3. The highest BCUT2D eigenvalue weighted by Gasteiger charge is 2.16. The van der Waals surface area contributed by atoms with Crippen molar-refractivity contribution in [2.24, 2.45) is 0 Å². The van der Waals surface area contributed by atoms with Crippen LogP contribution in [0.15, 0.2) is 18.2 Å². The van der Waals surface area contributed by atoms with Crippen molar-refractivity contribution in [3.63, 3.8) is 0 Å². The molecule has 1 rings (SSSR count). The lowest BCUT2D eigenvalue weighted by atomic mass is 10.0. The Morgan fingerprint density at radius 1 is 1.31 bits per heavy atom. The Morgan fingerprint density at radius 2 is 1.94 bits per heavy atom. The first-order valence-corrected chi connectivity index (χ1v) is 5.03. The quantitative estimate of drug-likeness (QED) is 0.813. The Balaban J connectivity index is 2.89. The van der Waals surface area contributed by atoms with Crippen molar-refractivity contribution >= 4 is 11.9 Å². The molecule has 0 saturated heterocycles. The van der Waals surface area contributed by atoms with Crippen LogP contribution in [0.3, 0.4) is 0 Å². The van der Waals surface area contributed by atoms with Crippen LogP contribution < -0.4 is 5.32 Å². The molecule has 0 bridgehead atoms. The number of hydrogen-bond acceptors (Lipinski definition) is 2. The van der Waals surface area contributed by atoms with E-state index in [1.54, 1.807) is 12.1 Å². The maximum absolute atomic E-state index is 11.8. The second kappa shape index (κ2) is 4.79. The van der Waals surface area contributed by atoms with E-state index in [0.717, 1.165) is 11.1 Å². The molecule has 1 unspecified atom stereocenters. The van der Waals surface area contributed by atoms with Crippen molar-refractivity contribution in [3.05, 3.63) is 34.9 Å². The van der Waals surface area contributed by atoms with E-state index in [9.17, 15) is 9.59 Å². The molecule has 0 aromatic heterocycles. The molecule has 0 aliphatic rings. The molecule has 2 N–H and O–H groups in total. The first-order valence-electron chi connectivity index (χ1n) is 5.03. The van der Waals surface area contributed by atoms with Crippen LogP contribution in [0.25, 0.3) is 0 Å². The van der Waals surface area contributed by atoms with Gasteiger partial charge in [0, 0.05) is 5.56 Å². The smallest absolute Gasteiger partial charge is 0.325 e. The van der Waals surface area contributed by atoms with E-state index in [1.807, 2.05) is 19.9 Å². The molecular formula is C12H15NO3. The Morgan fingerprint density at radius 3 is 2.50 bits per heavy atom. The van der Waals surface area contributed by atoms with E-state index in [4.69, 9.17) is 5.11 Å². The van der Waals surface area contributed by atoms with Crippen molar-refractivity contribution < 1.29 is 14.7 Å². The number of rotatable bonds is 3. The zero-order valence-electron chi connectivity index (χ0n) is 9.57. The van der Waals surface area contributed by atoms with E-state index in [-0.39, 0.29) is 5.91 Å². The lowest BCUT2D eigenvalue weighted by molar-refractivity contribution is -0.138. The number of amides is 1. The van der Waals surface area contributed by atoms with Gasteiger partial charge in [-0.05, 0) is 38.0 Å². The van der Waals surface area contributed by atoms with E-state index in [0.29, 0.717) is 5.56 Å². The first-order chi connectivity index (χ1) is 7.43. The van der Waals surface area contributed by atoms with Crippen molar-refractivity contribution in [1.29, 1.82) is 0 Å². The van der Waals surface area contributed by atoms with Crippen molar-refractivity contribution in [2.75, 3.05) is 0 Å². The Bertz CT molecular complexity index is 426. The summed E-state index contributed by atoms with van der Waals surface area (Å²) in [5, 5.41) is 11.1. The number of carbonyl (C=O) groups is 2. The number of benzene rings is 1. The van der Waals surface area contributed by atoms with Crippen LogP contribution in [0.1, 0.15) is 28.4 Å². The van der Waals surface area contributed by atoms with Crippen LogP contribution in [0.5, 0.6) is 0 Å². The van der Waals surface area contributed by atoms with Gasteiger partial charge in [-0.2, -0.15) is 0 Å². The van der Waals surface area contributed by atoms with Crippen molar-refractivity contribution in [2.45, 2.75) is 26.8 Å². The minimum atomic E-state index is -1.04. The summed E-state index contributed by atoms with van der Waals surface area (Å²) >= 11 is 0. The minimum absolute atomic E-state index is 0.351. The maximum Gasteiger partial charge on any atom is 0.325 e. The van der Waals surface area contributed by atoms with Gasteiger partial charge < -0.3 is 10.4 Å². The number of aryl methyl sites for hydroxylation is 1. The van der Waals surface area contributed by atoms with Gasteiger partial charge in [0.2, 0.25) is 0 Å². The standard InChI is InChI=1S/C12H15NO3/c1-7-5-4-6-10(8(7)2)11(14)13-9(3)12(15)16/h4-6,9H,1-3H3,(H,13,14)(H,15,16). The second-order valence-electron chi connectivity index (χ2n) is 3.78. The number of aliphatic carboxylic acids is 1. The molecule has 0 aliphatic carbocycles. The van der Waals surface area contributed by atoms with Gasteiger partial charge in [0.15, 0.2) is 0 Å². The SMILES string of the molecule is Cc1cccc(C(=O)NC(C)C(=O)O)c1C. The summed E-state index contributed by atoms with van der Waals surface area (Å²) in [6.45, 7) is 5.19. The molecule has 4 heteroatoms. The lowest BCUT2D eigenvalue weighted by Gasteiger charge is -2.12. The van der Waals surface area contributed by atoms with E-state index >= 15 is 0 Å². The summed E-state index contributed by atoms with van der Waals surface area (Å²) in [7, 11) is 0. The normalized spacial score (nSPS) is 11.9. The molecule has 1 atom stereocenters. The molecule has 16 heavy (non-hydrogen) atoms. The third kappa shape index (κ3) is 2.59. The maximum atomic E-state index is 11.8. The van der Waals surface area contributed by atoms with Gasteiger partial charge in [0.1, 0.15) is 6.04 Å². The first kappa shape index (κ1) is 12.2. The van der Waals surface area contributed by atoms with E-state index in [1.165, 1.54) is 6.92 Å². The van der Waals surface area contributed by atoms with Gasteiger partial charge in [-0.3, -0.25) is 9.59 Å². The summed E-state index contributed by atoms with van der Waals surface area (Å²) in [6, 6.07) is 4.49. The van der Waals surface area contributed by atoms with Crippen LogP contribution in [0.4, 0.5) is 0 Å². The largest absolute Gasteiger partial charge is 0.480 e. The second-order valence-corrected chi connectivity index (χ2v) is 3.78. The van der Waals surface area contributed by atoms with Crippen LogP contribution in [-0.4, -0.2) is 23.0 Å². The average Bonchev–Trinajstić information content (AvgIpc) is 2.21. The third-order valence-electron chi connectivity index (χ3n) is 2.57. The van der Waals surface area contributed by atoms with Crippen LogP contribution in [-0.2, 0) is 4.79 Å². The minimum Gasteiger partial charge on any atom is -0.480 e. The summed E-state index contributed by atoms with van der Waals surface area (Å²) in [6.07, 6.45) is 0. The molecule has 1 aromatic carbocycles. The molecule has 0 aliphatic heterocycles. The van der Waals surface area contributed by atoms with Crippen molar-refractivity contribution in [1.82, 2.24) is 5.32 Å². The molecule has 1 amide bonds. The van der Waals surface area contributed by atoms with E-state index in [2.05, 4.69) is 5.32 Å². The van der Waals surface area contributed by atoms with Crippen LogP contribution in [0, 0.1) is 13.8 Å². The molecule has 0 fully saturated rings. The highest BCUT2D eigenvalue weighted by molar-refractivity contribution is 5.97. The third-order valence-corrected chi connectivity index (χ3v) is 2.57. The molecule has 0 spiro atoms. The number of carbonyl (C=O) groups excluding carboxylic acids is 1. The summed E-state index contributed by atoms with van der Waals surface area (Å²) in [5.74, 6) is -1.39. The fourth-order valence-corrected chi connectivity index (χ4v) is 1.33. The summed E-state index contributed by atoms with van der Waals surface area (Å²) < 4.78 is 0. The van der Waals surface area contributed by atoms with Gasteiger partial charge >= 0.3 is 5.97 Å². The molecule has 0 heterocycles. The Kier molecular flexibility index (Phi) is 3.66. The number of carboxylic acid groups (broad SMARTS) is 1. The highest BCUT2D eigenvalue weighted by Crippen LogP contribution is 2.12. The molecule has 1 aromatic rings. The molecule has 0 saturated carbocycles. The van der Waals surface area contributed by atoms with Crippen LogP contribution in [0.2, 0.25) is 0 Å². The van der Waals surface area contributed by atoms with Gasteiger partial charge in [-0.1, -0.05) is 12.1 Å². The fraction of sp³-hybridized carbons (Fsp3) is 0.333. The molecule has 0 radical (unpaired) electrons. The lowest BCUT2D eigenvalue weighted by Crippen LogP contribution is -2.38. The van der Waals surface area contributed by atoms with Crippen LogP contribution >= 0.6 is 0 Å². The van der Waals surface area contributed by atoms with Crippen molar-refractivity contribution in [3.8, 4) is 0 Å². The van der Waals surface area contributed by atoms with Gasteiger partial charge in [-0.15, -0.1) is 0 Å². The molecular weight excluding hydrogens is 206 g/mol. The summed E-state index contributed by atoms with van der Waals surface area (Å²) in [4.78, 5) is 22.4. The predicted molar refractivity (Wildman–Crippen MR) is 60.5 cm³/mol. The predicted octanol–water partition coefficient (Wildman–Crippen LogP) is 1.51.